The van der Waals surface area contributed by atoms with E-state index in [1.165, 1.54) is 24.3 Å². The molecule has 7 heteroatoms. The highest BCUT2D eigenvalue weighted by Crippen LogP contribution is 2.23. The highest BCUT2D eigenvalue weighted by Gasteiger charge is 2.11. The Hall–Kier alpha value is -1.63. The monoisotopic (exact) mass is 328 g/mol. The van der Waals surface area contributed by atoms with Crippen LogP contribution in [-0.4, -0.2) is 8.42 Å². The number of primary sulfonamides is 1. The molecule has 0 atom stereocenters. The molecule has 0 spiro atoms. The van der Waals surface area contributed by atoms with Gasteiger partial charge in [0, 0.05) is 22.8 Å². The van der Waals surface area contributed by atoms with Gasteiger partial charge >= 0.3 is 0 Å². The molecule has 0 fully saturated rings. The lowest BCUT2D eigenvalue weighted by Crippen LogP contribution is -2.13. The molecule has 0 heterocycles. The third kappa shape index (κ3) is 3.72. The Morgan fingerprint density at radius 1 is 1.29 bits per heavy atom. The minimum absolute atomic E-state index is 0.00442. The van der Waals surface area contributed by atoms with E-state index < -0.39 is 15.8 Å². The summed E-state index contributed by atoms with van der Waals surface area (Å²) in [6.07, 6.45) is 0. The maximum Gasteiger partial charge on any atom is 0.238 e. The highest BCUT2D eigenvalue weighted by atomic mass is 35.5. The third-order valence-electron chi connectivity index (χ3n) is 3.05. The van der Waals surface area contributed by atoms with E-state index in [2.05, 4.69) is 5.32 Å². The second-order valence-corrected chi connectivity index (χ2v) is 6.54. The lowest BCUT2D eigenvalue weighted by Gasteiger charge is -2.12. The lowest BCUT2D eigenvalue weighted by atomic mass is 10.1. The number of sulfonamides is 1. The van der Waals surface area contributed by atoms with Crippen LogP contribution in [0, 0.1) is 12.7 Å². The summed E-state index contributed by atoms with van der Waals surface area (Å²) in [5, 5.41) is 8.38. The van der Waals surface area contributed by atoms with Crippen molar-refractivity contribution >= 4 is 27.3 Å². The van der Waals surface area contributed by atoms with Gasteiger partial charge in [-0.1, -0.05) is 23.7 Å². The molecule has 0 aliphatic carbocycles. The summed E-state index contributed by atoms with van der Waals surface area (Å²) in [7, 11) is -3.78. The quantitative estimate of drug-likeness (QED) is 0.906. The first kappa shape index (κ1) is 15.8. The normalized spacial score (nSPS) is 11.4. The summed E-state index contributed by atoms with van der Waals surface area (Å²) in [5.74, 6) is -0.421. The smallest absolute Gasteiger partial charge is 0.238 e. The van der Waals surface area contributed by atoms with Gasteiger partial charge in [-0.2, -0.15) is 0 Å². The van der Waals surface area contributed by atoms with E-state index in [0.29, 0.717) is 16.3 Å². The molecule has 0 unspecified atom stereocenters. The van der Waals surface area contributed by atoms with Gasteiger partial charge in [0.05, 0.1) is 4.90 Å². The van der Waals surface area contributed by atoms with E-state index in [0.717, 1.165) is 5.56 Å². The van der Waals surface area contributed by atoms with Crippen molar-refractivity contribution in [3.8, 4) is 0 Å². The van der Waals surface area contributed by atoms with E-state index in [1.807, 2.05) is 0 Å². The van der Waals surface area contributed by atoms with Gasteiger partial charge in [0.2, 0.25) is 10.0 Å². The standard InChI is InChI=1S/C14H14ClFN2O2S/c1-9-5-6-10(21(17,19)20)7-14(9)18-8-11-12(15)3-2-4-13(11)16/h2-7,18H,8H2,1H3,(H2,17,19,20). The number of hydrogen-bond donors (Lipinski definition) is 2. The Bertz CT molecular complexity index is 758. The van der Waals surface area contributed by atoms with Gasteiger partial charge in [-0.25, -0.2) is 17.9 Å². The van der Waals surface area contributed by atoms with E-state index in [-0.39, 0.29) is 11.4 Å². The summed E-state index contributed by atoms with van der Waals surface area (Å²) in [6, 6.07) is 8.90. The number of nitrogens with one attached hydrogen (secondary N) is 1. The SMILES string of the molecule is Cc1ccc(S(N)(=O)=O)cc1NCc1c(F)cccc1Cl. The molecule has 2 rings (SSSR count). The van der Waals surface area contributed by atoms with Crippen molar-refractivity contribution in [3.63, 3.8) is 0 Å². The number of hydrogen-bond acceptors (Lipinski definition) is 3. The van der Waals surface area contributed by atoms with Crippen LogP contribution in [0.4, 0.5) is 10.1 Å². The van der Waals surface area contributed by atoms with Gasteiger partial charge in [-0.15, -0.1) is 0 Å². The number of anilines is 1. The van der Waals surface area contributed by atoms with Crippen LogP contribution in [0.3, 0.4) is 0 Å². The van der Waals surface area contributed by atoms with Crippen molar-refractivity contribution in [1.82, 2.24) is 0 Å². The summed E-state index contributed by atoms with van der Waals surface area (Å²) in [5.41, 5.74) is 1.69. The van der Waals surface area contributed by atoms with Crippen LogP contribution in [0.1, 0.15) is 11.1 Å². The average molecular weight is 329 g/mol. The predicted octanol–water partition coefficient (Wildman–Crippen LogP) is 3.05. The molecule has 3 N–H and O–H groups in total. The van der Waals surface area contributed by atoms with E-state index >= 15 is 0 Å². The summed E-state index contributed by atoms with van der Waals surface area (Å²) in [4.78, 5) is -0.00442. The molecule has 2 aromatic carbocycles. The Balaban J connectivity index is 2.28. The molecule has 0 aromatic heterocycles. The molecule has 0 aliphatic heterocycles. The van der Waals surface area contributed by atoms with E-state index in [1.54, 1.807) is 19.1 Å². The number of rotatable bonds is 4. The molecule has 0 bridgehead atoms. The van der Waals surface area contributed by atoms with Crippen LogP contribution in [0.2, 0.25) is 5.02 Å². The largest absolute Gasteiger partial charge is 0.381 e. The van der Waals surface area contributed by atoms with Gasteiger partial charge < -0.3 is 5.32 Å². The zero-order valence-electron chi connectivity index (χ0n) is 11.2. The van der Waals surface area contributed by atoms with Crippen LogP contribution in [0.15, 0.2) is 41.3 Å². The Kier molecular flexibility index (Phi) is 4.51. The van der Waals surface area contributed by atoms with E-state index in [9.17, 15) is 12.8 Å². The molecule has 0 saturated carbocycles. The van der Waals surface area contributed by atoms with Crippen LogP contribution in [-0.2, 0) is 16.6 Å². The minimum atomic E-state index is -3.78. The van der Waals surface area contributed by atoms with Crippen molar-refractivity contribution in [2.75, 3.05) is 5.32 Å². The second-order valence-electron chi connectivity index (χ2n) is 4.58. The van der Waals surface area contributed by atoms with Gasteiger partial charge in [0.15, 0.2) is 0 Å². The predicted molar refractivity (Wildman–Crippen MR) is 81.3 cm³/mol. The van der Waals surface area contributed by atoms with Crippen LogP contribution >= 0.6 is 11.6 Å². The Labute approximate surface area is 127 Å². The van der Waals surface area contributed by atoms with Crippen LogP contribution in [0.5, 0.6) is 0 Å². The maximum absolute atomic E-state index is 13.7. The van der Waals surface area contributed by atoms with Crippen molar-refractivity contribution in [1.29, 1.82) is 0 Å². The molecular formula is C14H14ClFN2O2S. The van der Waals surface area contributed by atoms with E-state index in [4.69, 9.17) is 16.7 Å². The first-order chi connectivity index (χ1) is 9.79. The van der Waals surface area contributed by atoms with Gasteiger partial charge in [0.1, 0.15) is 5.82 Å². The molecular weight excluding hydrogens is 315 g/mol. The first-order valence-electron chi connectivity index (χ1n) is 6.09. The average Bonchev–Trinajstić information content (AvgIpc) is 2.38. The number of halogens is 2. The highest BCUT2D eigenvalue weighted by molar-refractivity contribution is 7.89. The lowest BCUT2D eigenvalue weighted by molar-refractivity contribution is 0.597. The summed E-state index contributed by atoms with van der Waals surface area (Å²) in [6.45, 7) is 1.94. The molecule has 0 amide bonds. The fraction of sp³-hybridized carbons (Fsp3) is 0.143. The molecule has 4 nitrogen and oxygen atoms in total. The van der Waals surface area contributed by atoms with Gasteiger partial charge in [-0.3, -0.25) is 0 Å². The number of aryl methyl sites for hydroxylation is 1. The van der Waals surface area contributed by atoms with Crippen molar-refractivity contribution in [3.05, 3.63) is 58.4 Å². The Morgan fingerprint density at radius 2 is 2.00 bits per heavy atom. The third-order valence-corrected chi connectivity index (χ3v) is 4.32. The minimum Gasteiger partial charge on any atom is -0.381 e. The van der Waals surface area contributed by atoms with Gasteiger partial charge in [-0.05, 0) is 36.8 Å². The molecule has 0 aliphatic rings. The van der Waals surface area contributed by atoms with Gasteiger partial charge in [0.25, 0.3) is 0 Å². The molecule has 0 radical (unpaired) electrons. The Morgan fingerprint density at radius 3 is 2.62 bits per heavy atom. The van der Waals surface area contributed by atoms with Crippen molar-refractivity contribution in [2.24, 2.45) is 5.14 Å². The zero-order chi connectivity index (χ0) is 15.6. The van der Waals surface area contributed by atoms with Crippen LogP contribution < -0.4 is 10.5 Å². The topological polar surface area (TPSA) is 72.2 Å². The summed E-state index contributed by atoms with van der Waals surface area (Å²) >= 11 is 5.94. The van der Waals surface area contributed by atoms with Crippen molar-refractivity contribution < 1.29 is 12.8 Å². The number of benzene rings is 2. The van der Waals surface area contributed by atoms with Crippen molar-refractivity contribution in [2.45, 2.75) is 18.4 Å². The fourth-order valence-electron chi connectivity index (χ4n) is 1.85. The second kappa shape index (κ2) is 6.01. The number of nitrogens with two attached hydrogens (primary N) is 1. The fourth-order valence-corrected chi connectivity index (χ4v) is 2.62. The molecule has 2 aromatic rings. The first-order valence-corrected chi connectivity index (χ1v) is 8.01. The molecule has 21 heavy (non-hydrogen) atoms. The molecule has 112 valence electrons. The summed E-state index contributed by atoms with van der Waals surface area (Å²) < 4.78 is 36.4. The maximum atomic E-state index is 13.7. The zero-order valence-corrected chi connectivity index (χ0v) is 12.8. The molecule has 0 saturated heterocycles. The van der Waals surface area contributed by atoms with Crippen LogP contribution in [0.25, 0.3) is 0 Å².